The Morgan fingerprint density at radius 1 is 1.05 bits per heavy atom. The second-order valence-corrected chi connectivity index (χ2v) is 9.58. The van der Waals surface area contributed by atoms with Crippen LogP contribution < -0.4 is 27.0 Å². The number of phenols is 1. The summed E-state index contributed by atoms with van der Waals surface area (Å²) in [6.45, 7) is 8.67. The number of primary amides is 1. The standard InChI is InChI=1S/C24H37N5O8/c1-13(2)18(29-23(35)37-24(3,4)5)20(32)28-16(8-7-11-26-22(25)34)19(31)27-14-9-10-15(17(30)12-14)21(33)36-6/h9-10,12-13,16,18,30H,7-8,11H2,1-6H3,(H,27,31)(H,28,32)(H,29,35)(H3,25,26,34)/t16-,18-/m0/s1. The molecule has 7 N–H and O–H groups in total. The molecule has 0 aliphatic rings. The SMILES string of the molecule is COC(=O)c1ccc(NC(=O)[C@H](CCCNC(N)=O)NC(=O)[C@@H](NC(=O)OC(C)(C)C)C(C)C)cc1O. The Morgan fingerprint density at radius 3 is 2.22 bits per heavy atom. The number of carbonyl (C=O) groups is 5. The number of carbonyl (C=O) groups excluding carboxylic acids is 5. The maximum absolute atomic E-state index is 13.1. The van der Waals surface area contributed by atoms with Crippen LogP contribution in [0.25, 0.3) is 0 Å². The Balaban J connectivity index is 3.04. The molecule has 0 radical (unpaired) electrons. The minimum atomic E-state index is -1.08. The van der Waals surface area contributed by atoms with Crippen LogP contribution in [-0.4, -0.2) is 66.4 Å². The Morgan fingerprint density at radius 2 is 1.70 bits per heavy atom. The van der Waals surface area contributed by atoms with Crippen molar-refractivity contribution in [3.8, 4) is 5.75 Å². The van der Waals surface area contributed by atoms with Crippen molar-refractivity contribution in [2.45, 2.75) is 65.1 Å². The van der Waals surface area contributed by atoms with Gasteiger partial charge >= 0.3 is 18.1 Å². The number of hydrogen-bond acceptors (Lipinski definition) is 8. The Bertz CT molecular complexity index is 990. The van der Waals surface area contributed by atoms with Crippen LogP contribution in [-0.2, 0) is 19.1 Å². The van der Waals surface area contributed by atoms with Crippen molar-refractivity contribution in [3.63, 3.8) is 0 Å². The third kappa shape index (κ3) is 11.1. The molecule has 0 bridgehead atoms. The molecule has 5 amide bonds. The molecule has 0 saturated carbocycles. The maximum Gasteiger partial charge on any atom is 0.408 e. The van der Waals surface area contributed by atoms with Crippen LogP contribution in [0.3, 0.4) is 0 Å². The third-order valence-electron chi connectivity index (χ3n) is 4.89. The second kappa shape index (κ2) is 13.9. The minimum absolute atomic E-state index is 0.0872. The first-order valence-corrected chi connectivity index (χ1v) is 11.7. The first-order valence-electron chi connectivity index (χ1n) is 11.7. The van der Waals surface area contributed by atoms with E-state index in [0.29, 0.717) is 6.42 Å². The van der Waals surface area contributed by atoms with Crippen LogP contribution in [0.2, 0.25) is 0 Å². The summed E-state index contributed by atoms with van der Waals surface area (Å²) >= 11 is 0. The molecule has 0 saturated heterocycles. The number of rotatable bonds is 11. The fourth-order valence-electron chi connectivity index (χ4n) is 3.14. The van der Waals surface area contributed by atoms with Gasteiger partial charge in [-0.25, -0.2) is 14.4 Å². The van der Waals surface area contributed by atoms with Gasteiger partial charge in [-0.1, -0.05) is 13.8 Å². The van der Waals surface area contributed by atoms with Crippen molar-refractivity contribution in [1.82, 2.24) is 16.0 Å². The number of hydrogen-bond donors (Lipinski definition) is 6. The second-order valence-electron chi connectivity index (χ2n) is 9.58. The quantitative estimate of drug-likeness (QED) is 0.186. The first-order chi connectivity index (χ1) is 17.1. The van der Waals surface area contributed by atoms with Crippen LogP contribution in [0.4, 0.5) is 15.3 Å². The largest absolute Gasteiger partial charge is 0.507 e. The number of methoxy groups -OCH3 is 1. The number of anilines is 1. The highest BCUT2D eigenvalue weighted by Crippen LogP contribution is 2.23. The lowest BCUT2D eigenvalue weighted by molar-refractivity contribution is -0.128. The van der Waals surface area contributed by atoms with Gasteiger partial charge in [0.2, 0.25) is 11.8 Å². The van der Waals surface area contributed by atoms with E-state index in [9.17, 15) is 29.1 Å². The van der Waals surface area contributed by atoms with E-state index in [4.69, 9.17) is 10.5 Å². The summed E-state index contributed by atoms with van der Waals surface area (Å²) in [5.41, 5.74) is 4.37. The zero-order valence-electron chi connectivity index (χ0n) is 22.0. The van der Waals surface area contributed by atoms with Crippen LogP contribution in [0.5, 0.6) is 5.75 Å². The average Bonchev–Trinajstić information content (AvgIpc) is 2.77. The zero-order chi connectivity index (χ0) is 28.3. The number of benzene rings is 1. The predicted molar refractivity (Wildman–Crippen MR) is 135 cm³/mol. The van der Waals surface area contributed by atoms with Gasteiger partial charge in [-0.3, -0.25) is 9.59 Å². The fraction of sp³-hybridized carbons (Fsp3) is 0.542. The summed E-state index contributed by atoms with van der Waals surface area (Å²) in [7, 11) is 1.17. The summed E-state index contributed by atoms with van der Waals surface area (Å²) in [6, 6.07) is 1.02. The van der Waals surface area contributed by atoms with Crippen molar-refractivity contribution >= 4 is 35.6 Å². The molecule has 1 aromatic rings. The molecule has 0 spiro atoms. The smallest absolute Gasteiger partial charge is 0.408 e. The number of urea groups is 1. The minimum Gasteiger partial charge on any atom is -0.507 e. The molecule has 1 rings (SSSR count). The van der Waals surface area contributed by atoms with Crippen LogP contribution >= 0.6 is 0 Å². The number of nitrogens with two attached hydrogens (primary N) is 1. The lowest BCUT2D eigenvalue weighted by atomic mass is 10.0. The van der Waals surface area contributed by atoms with Crippen LogP contribution in [0.1, 0.15) is 57.8 Å². The Hall–Kier alpha value is -4.03. The molecule has 13 heteroatoms. The summed E-state index contributed by atoms with van der Waals surface area (Å²) in [5, 5.41) is 20.2. The molecular weight excluding hydrogens is 486 g/mol. The van der Waals surface area contributed by atoms with Crippen LogP contribution in [0.15, 0.2) is 18.2 Å². The first kappa shape index (κ1) is 31.0. The van der Waals surface area contributed by atoms with Gasteiger partial charge < -0.3 is 41.6 Å². The van der Waals surface area contributed by atoms with E-state index in [0.717, 1.165) is 0 Å². The summed E-state index contributed by atoms with van der Waals surface area (Å²) in [4.78, 5) is 61.0. The number of alkyl carbamates (subject to hydrolysis) is 1. The molecule has 0 aromatic heterocycles. The number of aromatic hydroxyl groups is 1. The number of nitrogens with one attached hydrogen (secondary N) is 4. The highest BCUT2D eigenvalue weighted by Gasteiger charge is 2.30. The number of ether oxygens (including phenoxy) is 2. The maximum atomic E-state index is 13.1. The van der Waals surface area contributed by atoms with Gasteiger partial charge in [0, 0.05) is 18.3 Å². The van der Waals surface area contributed by atoms with Gasteiger partial charge in [0.1, 0.15) is 29.0 Å². The fourth-order valence-corrected chi connectivity index (χ4v) is 3.14. The highest BCUT2D eigenvalue weighted by atomic mass is 16.6. The van der Waals surface area contributed by atoms with Gasteiger partial charge in [-0.15, -0.1) is 0 Å². The number of amides is 5. The van der Waals surface area contributed by atoms with Gasteiger partial charge in [-0.2, -0.15) is 0 Å². The van der Waals surface area contributed by atoms with E-state index < -0.39 is 53.3 Å². The molecule has 13 nitrogen and oxygen atoms in total. The normalized spacial score (nSPS) is 12.6. The molecule has 1 aromatic carbocycles. The Labute approximate surface area is 215 Å². The predicted octanol–water partition coefficient (Wildman–Crippen LogP) is 1.60. The summed E-state index contributed by atoms with van der Waals surface area (Å²) in [5.74, 6) is -2.74. The molecule has 0 fully saturated rings. The molecule has 37 heavy (non-hydrogen) atoms. The third-order valence-corrected chi connectivity index (χ3v) is 4.89. The van der Waals surface area contributed by atoms with Crippen molar-refractivity contribution in [3.05, 3.63) is 23.8 Å². The van der Waals surface area contributed by atoms with E-state index in [1.807, 2.05) is 0 Å². The van der Waals surface area contributed by atoms with Crippen molar-refractivity contribution in [1.29, 1.82) is 0 Å². The van der Waals surface area contributed by atoms with Gasteiger partial charge in [0.15, 0.2) is 0 Å². The average molecular weight is 524 g/mol. The molecule has 0 unspecified atom stereocenters. The van der Waals surface area contributed by atoms with Gasteiger partial charge in [-0.05, 0) is 51.7 Å². The van der Waals surface area contributed by atoms with Crippen molar-refractivity contribution in [2.24, 2.45) is 11.7 Å². The van der Waals surface area contributed by atoms with Crippen molar-refractivity contribution in [2.75, 3.05) is 19.0 Å². The van der Waals surface area contributed by atoms with E-state index in [1.54, 1.807) is 34.6 Å². The topological polar surface area (TPSA) is 198 Å². The molecular formula is C24H37N5O8. The molecule has 0 aliphatic heterocycles. The van der Waals surface area contributed by atoms with E-state index >= 15 is 0 Å². The lowest BCUT2D eigenvalue weighted by Gasteiger charge is -2.27. The van der Waals surface area contributed by atoms with Gasteiger partial charge in [0.05, 0.1) is 7.11 Å². The molecule has 206 valence electrons. The summed E-state index contributed by atoms with van der Waals surface area (Å²) in [6.07, 6.45) is -0.379. The van der Waals surface area contributed by atoms with Crippen molar-refractivity contribution < 1.29 is 38.6 Å². The molecule has 2 atom stereocenters. The number of esters is 1. The highest BCUT2D eigenvalue weighted by molar-refractivity contribution is 5.99. The summed E-state index contributed by atoms with van der Waals surface area (Å²) < 4.78 is 9.81. The van der Waals surface area contributed by atoms with E-state index in [1.165, 1.54) is 25.3 Å². The number of phenolic OH excluding ortho intramolecular Hbond substituents is 1. The van der Waals surface area contributed by atoms with E-state index in [2.05, 4.69) is 26.0 Å². The lowest BCUT2D eigenvalue weighted by Crippen LogP contribution is -2.55. The van der Waals surface area contributed by atoms with Crippen LogP contribution in [0, 0.1) is 5.92 Å². The molecule has 0 aliphatic carbocycles. The van der Waals surface area contributed by atoms with E-state index in [-0.39, 0.29) is 30.1 Å². The Kier molecular flexibility index (Phi) is 11.6. The van der Waals surface area contributed by atoms with Gasteiger partial charge in [0.25, 0.3) is 0 Å². The zero-order valence-corrected chi connectivity index (χ0v) is 22.0. The molecule has 0 heterocycles. The monoisotopic (exact) mass is 523 g/mol.